The molecule has 2 N–H and O–H groups in total. The van der Waals surface area contributed by atoms with Crippen LogP contribution in [0.15, 0.2) is 78.0 Å². The Kier molecular flexibility index (Phi) is 5.43. The summed E-state index contributed by atoms with van der Waals surface area (Å²) in [4.78, 5) is 13.5. The number of carbonyl (C=O) groups is 1. The van der Waals surface area contributed by atoms with Gasteiger partial charge in [0.25, 0.3) is 0 Å². The zero-order valence-corrected chi connectivity index (χ0v) is 18.7. The first-order chi connectivity index (χ1) is 15.0. The number of hydrogen-bond acceptors (Lipinski definition) is 3. The Bertz CT molecular complexity index is 1200. The minimum absolute atomic E-state index is 0.0858. The van der Waals surface area contributed by atoms with Gasteiger partial charge in [0.15, 0.2) is 5.78 Å². The quantitative estimate of drug-likeness (QED) is 0.405. The molecule has 6 heteroatoms. The summed E-state index contributed by atoms with van der Waals surface area (Å²) in [6.07, 6.45) is 1.16. The van der Waals surface area contributed by atoms with Crippen molar-refractivity contribution in [1.82, 2.24) is 0 Å². The van der Waals surface area contributed by atoms with Crippen LogP contribution in [0.1, 0.15) is 35.9 Å². The van der Waals surface area contributed by atoms with Crippen molar-refractivity contribution in [3.8, 4) is 0 Å². The summed E-state index contributed by atoms with van der Waals surface area (Å²) >= 11 is 18.8. The van der Waals surface area contributed by atoms with E-state index in [1.807, 2.05) is 54.6 Å². The summed E-state index contributed by atoms with van der Waals surface area (Å²) in [5, 5.41) is 8.86. The van der Waals surface area contributed by atoms with Crippen LogP contribution < -0.4 is 10.6 Å². The summed E-state index contributed by atoms with van der Waals surface area (Å²) in [7, 11) is 0. The van der Waals surface area contributed by atoms with E-state index >= 15 is 0 Å². The van der Waals surface area contributed by atoms with Gasteiger partial charge in [-0.15, -0.1) is 0 Å². The average Bonchev–Trinajstić information content (AvgIpc) is 2.91. The lowest BCUT2D eigenvalue weighted by molar-refractivity contribution is -0.116. The Morgan fingerprint density at radius 1 is 0.806 bits per heavy atom. The van der Waals surface area contributed by atoms with Gasteiger partial charge in [0.05, 0.1) is 17.4 Å². The van der Waals surface area contributed by atoms with Crippen LogP contribution in [-0.2, 0) is 4.79 Å². The number of benzene rings is 3. The summed E-state index contributed by atoms with van der Waals surface area (Å²) in [6, 6.07) is 20.7. The molecule has 0 bridgehead atoms. The summed E-state index contributed by atoms with van der Waals surface area (Å²) in [5.41, 5.74) is 5.44. The third kappa shape index (κ3) is 3.94. The molecule has 3 aromatic carbocycles. The van der Waals surface area contributed by atoms with Crippen LogP contribution in [0, 0.1) is 0 Å². The number of anilines is 2. The van der Waals surface area contributed by atoms with Crippen molar-refractivity contribution >= 4 is 52.0 Å². The maximum Gasteiger partial charge on any atom is 0.163 e. The van der Waals surface area contributed by atoms with Gasteiger partial charge in [-0.3, -0.25) is 4.79 Å². The number of carbonyl (C=O) groups excluding carboxylic acids is 1. The molecule has 2 atom stereocenters. The zero-order valence-electron chi connectivity index (χ0n) is 16.5. The molecule has 0 aromatic heterocycles. The van der Waals surface area contributed by atoms with E-state index in [0.717, 1.165) is 40.2 Å². The van der Waals surface area contributed by atoms with Gasteiger partial charge >= 0.3 is 0 Å². The molecule has 3 nitrogen and oxygen atoms in total. The van der Waals surface area contributed by atoms with E-state index in [1.54, 1.807) is 12.1 Å². The second kappa shape index (κ2) is 8.23. The molecule has 1 heterocycles. The van der Waals surface area contributed by atoms with E-state index < -0.39 is 0 Å². The number of rotatable bonds is 2. The maximum absolute atomic E-state index is 13.5. The fraction of sp³-hybridized carbons (Fsp3) is 0.160. The molecule has 0 saturated carbocycles. The number of Topliss-reactive ketones (excluding diaryl/α,β-unsaturated/α-hetero) is 1. The highest BCUT2D eigenvalue weighted by Gasteiger charge is 2.36. The number of fused-ring (bicyclic) bond motifs is 1. The molecule has 0 spiro atoms. The van der Waals surface area contributed by atoms with Gasteiger partial charge in [-0.1, -0.05) is 65.1 Å². The monoisotopic (exact) mass is 468 g/mol. The van der Waals surface area contributed by atoms with Gasteiger partial charge in [0.2, 0.25) is 0 Å². The predicted octanol–water partition coefficient (Wildman–Crippen LogP) is 7.63. The largest absolute Gasteiger partial charge is 0.372 e. The summed E-state index contributed by atoms with van der Waals surface area (Å²) in [6.45, 7) is 0. The fourth-order valence-electron chi connectivity index (χ4n) is 4.43. The van der Waals surface area contributed by atoms with Crippen LogP contribution in [0.5, 0.6) is 0 Å². The molecular weight excluding hydrogens is 451 g/mol. The first-order valence-electron chi connectivity index (χ1n) is 10.1. The van der Waals surface area contributed by atoms with Crippen LogP contribution >= 0.6 is 34.8 Å². The molecule has 0 radical (unpaired) electrons. The molecule has 31 heavy (non-hydrogen) atoms. The normalized spacial score (nSPS) is 20.3. The Morgan fingerprint density at radius 3 is 2.26 bits per heavy atom. The fourth-order valence-corrected chi connectivity index (χ4v) is 5.08. The molecule has 3 aromatic rings. The van der Waals surface area contributed by atoms with E-state index in [-0.39, 0.29) is 17.7 Å². The van der Waals surface area contributed by atoms with Crippen LogP contribution in [-0.4, -0.2) is 5.78 Å². The van der Waals surface area contributed by atoms with E-state index in [2.05, 4.69) is 10.6 Å². The third-order valence-corrected chi connectivity index (χ3v) is 6.74. The van der Waals surface area contributed by atoms with Crippen molar-refractivity contribution in [1.29, 1.82) is 0 Å². The number of ketones is 1. The molecule has 2 unspecified atom stereocenters. The van der Waals surface area contributed by atoms with Crippen molar-refractivity contribution in [2.45, 2.75) is 24.8 Å². The summed E-state index contributed by atoms with van der Waals surface area (Å²) < 4.78 is 0. The predicted molar refractivity (Wildman–Crippen MR) is 128 cm³/mol. The van der Waals surface area contributed by atoms with Crippen molar-refractivity contribution < 1.29 is 4.79 Å². The van der Waals surface area contributed by atoms with Gasteiger partial charge in [0, 0.05) is 32.8 Å². The molecule has 156 valence electrons. The SMILES string of the molecule is O=C1CC(c2ccc(Cl)cc2)CC2=C1C(c1ccc(Cl)cc1Cl)Nc1ccccc1N2. The molecule has 0 amide bonds. The lowest BCUT2D eigenvalue weighted by Gasteiger charge is -2.30. The Hall–Kier alpha value is -2.46. The highest BCUT2D eigenvalue weighted by Crippen LogP contribution is 2.45. The zero-order chi connectivity index (χ0) is 21.5. The number of hydrogen-bond donors (Lipinski definition) is 2. The highest BCUT2D eigenvalue weighted by atomic mass is 35.5. The number of allylic oxidation sites excluding steroid dienone is 1. The van der Waals surface area contributed by atoms with E-state index in [9.17, 15) is 4.79 Å². The van der Waals surface area contributed by atoms with Crippen LogP contribution in [0.25, 0.3) is 0 Å². The van der Waals surface area contributed by atoms with E-state index in [0.29, 0.717) is 21.5 Å². The van der Waals surface area contributed by atoms with Crippen molar-refractivity contribution in [2.24, 2.45) is 0 Å². The lowest BCUT2D eigenvalue weighted by atomic mass is 9.78. The smallest absolute Gasteiger partial charge is 0.163 e. The first-order valence-corrected chi connectivity index (χ1v) is 11.2. The van der Waals surface area contributed by atoms with Crippen LogP contribution in [0.3, 0.4) is 0 Å². The van der Waals surface area contributed by atoms with Crippen LogP contribution in [0.4, 0.5) is 11.4 Å². The van der Waals surface area contributed by atoms with Crippen LogP contribution in [0.2, 0.25) is 15.1 Å². The molecule has 1 aliphatic carbocycles. The maximum atomic E-state index is 13.5. The summed E-state index contributed by atoms with van der Waals surface area (Å²) in [5.74, 6) is 0.188. The number of para-hydroxylation sites is 2. The lowest BCUT2D eigenvalue weighted by Crippen LogP contribution is -2.27. The molecule has 5 rings (SSSR count). The Morgan fingerprint density at radius 2 is 1.52 bits per heavy atom. The molecule has 2 aliphatic rings. The van der Waals surface area contributed by atoms with Gasteiger partial charge in [-0.05, 0) is 59.9 Å². The standard InChI is InChI=1S/C25H19Cl3N2O/c26-16-7-5-14(6-8-16)15-11-22-24(23(31)12-15)25(18-10-9-17(27)13-19(18)28)30-21-4-2-1-3-20(21)29-22/h1-10,13,15,25,29-30H,11-12H2. The molecule has 1 aliphatic heterocycles. The Labute approximate surface area is 196 Å². The minimum atomic E-state index is -0.366. The van der Waals surface area contributed by atoms with Gasteiger partial charge in [-0.2, -0.15) is 0 Å². The van der Waals surface area contributed by atoms with Gasteiger partial charge in [-0.25, -0.2) is 0 Å². The topological polar surface area (TPSA) is 41.1 Å². The van der Waals surface area contributed by atoms with E-state index in [4.69, 9.17) is 34.8 Å². The highest BCUT2D eigenvalue weighted by molar-refractivity contribution is 6.35. The van der Waals surface area contributed by atoms with Gasteiger partial charge in [0.1, 0.15) is 0 Å². The van der Waals surface area contributed by atoms with Crippen molar-refractivity contribution in [3.05, 3.63) is 104 Å². The minimum Gasteiger partial charge on any atom is -0.372 e. The second-order valence-corrected chi connectivity index (χ2v) is 9.17. The average molecular weight is 470 g/mol. The first kappa shape index (κ1) is 20.4. The van der Waals surface area contributed by atoms with Gasteiger partial charge < -0.3 is 10.6 Å². The Balaban J connectivity index is 1.62. The second-order valence-electron chi connectivity index (χ2n) is 7.89. The van der Waals surface area contributed by atoms with E-state index in [1.165, 1.54) is 0 Å². The molecular formula is C25H19Cl3N2O. The van der Waals surface area contributed by atoms with Crippen molar-refractivity contribution in [3.63, 3.8) is 0 Å². The number of halogens is 3. The molecule has 0 saturated heterocycles. The molecule has 0 fully saturated rings. The number of nitrogens with one attached hydrogen (secondary N) is 2. The van der Waals surface area contributed by atoms with Crippen molar-refractivity contribution in [2.75, 3.05) is 10.6 Å². The third-order valence-electron chi connectivity index (χ3n) is 5.92.